The maximum atomic E-state index is 12.9. The highest BCUT2D eigenvalue weighted by Gasteiger charge is 2.36. The summed E-state index contributed by atoms with van der Waals surface area (Å²) in [7, 11) is 0. The van der Waals surface area contributed by atoms with E-state index in [-0.39, 0.29) is 5.91 Å². The number of benzene rings is 1. The molecule has 0 bridgehead atoms. The summed E-state index contributed by atoms with van der Waals surface area (Å²) in [6.07, 6.45) is 4.77. The summed E-state index contributed by atoms with van der Waals surface area (Å²) in [4.78, 5) is 31.4. The lowest BCUT2D eigenvalue weighted by Crippen LogP contribution is -2.45. The highest BCUT2D eigenvalue weighted by Crippen LogP contribution is 2.24. The Kier molecular flexibility index (Phi) is 6.03. The van der Waals surface area contributed by atoms with Crippen molar-refractivity contribution in [3.8, 4) is 5.75 Å². The SMILES string of the molecule is CC(C)(C)OC(=O)N1CCC[C@H]1C(=O)Nc1cccc(OCc2cn3ccccc3n2)c1. The van der Waals surface area contributed by atoms with Crippen LogP contribution in [0, 0.1) is 0 Å². The lowest BCUT2D eigenvalue weighted by molar-refractivity contribution is -0.120. The number of imidazole rings is 1. The van der Waals surface area contributed by atoms with Crippen LogP contribution >= 0.6 is 0 Å². The van der Waals surface area contributed by atoms with Gasteiger partial charge in [-0.25, -0.2) is 9.78 Å². The lowest BCUT2D eigenvalue weighted by Gasteiger charge is -2.28. The van der Waals surface area contributed by atoms with Gasteiger partial charge < -0.3 is 19.2 Å². The fourth-order valence-electron chi connectivity index (χ4n) is 3.68. The van der Waals surface area contributed by atoms with Crippen molar-refractivity contribution in [2.45, 2.75) is 51.9 Å². The van der Waals surface area contributed by atoms with Crippen molar-refractivity contribution < 1.29 is 19.1 Å². The second-order valence-corrected chi connectivity index (χ2v) is 8.84. The Balaban J connectivity index is 1.37. The number of anilines is 1. The first-order chi connectivity index (χ1) is 15.3. The molecule has 0 unspecified atom stereocenters. The summed E-state index contributed by atoms with van der Waals surface area (Å²) in [6, 6.07) is 12.5. The summed E-state index contributed by atoms with van der Waals surface area (Å²) >= 11 is 0. The second-order valence-electron chi connectivity index (χ2n) is 8.84. The van der Waals surface area contributed by atoms with Gasteiger partial charge in [-0.3, -0.25) is 9.69 Å². The summed E-state index contributed by atoms with van der Waals surface area (Å²) in [5.74, 6) is 0.390. The van der Waals surface area contributed by atoms with Crippen molar-refractivity contribution in [3.63, 3.8) is 0 Å². The molecule has 1 fully saturated rings. The third kappa shape index (κ3) is 5.19. The Labute approximate surface area is 187 Å². The van der Waals surface area contributed by atoms with E-state index >= 15 is 0 Å². The zero-order chi connectivity index (χ0) is 22.7. The summed E-state index contributed by atoms with van der Waals surface area (Å²) in [6.45, 7) is 6.26. The maximum Gasteiger partial charge on any atom is 0.410 e. The maximum absolute atomic E-state index is 12.9. The van der Waals surface area contributed by atoms with E-state index in [1.54, 1.807) is 12.1 Å². The molecule has 2 aromatic heterocycles. The largest absolute Gasteiger partial charge is 0.487 e. The Morgan fingerprint density at radius 1 is 1.19 bits per heavy atom. The minimum atomic E-state index is -0.604. The second kappa shape index (κ2) is 8.90. The molecule has 0 saturated carbocycles. The zero-order valence-corrected chi connectivity index (χ0v) is 18.6. The summed E-state index contributed by atoms with van der Waals surface area (Å²) in [5.41, 5.74) is 1.68. The number of nitrogens with zero attached hydrogens (tertiary/aromatic N) is 3. The van der Waals surface area contributed by atoms with Crippen LogP contribution in [0.15, 0.2) is 54.9 Å². The van der Waals surface area contributed by atoms with Crippen LogP contribution in [0.4, 0.5) is 10.5 Å². The van der Waals surface area contributed by atoms with Crippen molar-refractivity contribution in [2.24, 2.45) is 0 Å². The van der Waals surface area contributed by atoms with Gasteiger partial charge in [0.05, 0.1) is 5.69 Å². The van der Waals surface area contributed by atoms with E-state index in [0.29, 0.717) is 31.0 Å². The Hall–Kier alpha value is -3.55. The molecule has 8 heteroatoms. The van der Waals surface area contributed by atoms with Gasteiger partial charge in [0.15, 0.2) is 0 Å². The number of amides is 2. The van der Waals surface area contributed by atoms with Crippen LogP contribution in [0.1, 0.15) is 39.3 Å². The first kappa shape index (κ1) is 21.7. The molecule has 0 aliphatic carbocycles. The Morgan fingerprint density at radius 2 is 2.03 bits per heavy atom. The molecular weight excluding hydrogens is 408 g/mol. The van der Waals surface area contributed by atoms with E-state index in [2.05, 4.69) is 10.3 Å². The molecule has 1 atom stereocenters. The lowest BCUT2D eigenvalue weighted by atomic mass is 10.2. The molecule has 168 valence electrons. The van der Waals surface area contributed by atoms with E-state index in [1.165, 1.54) is 4.90 Å². The molecular formula is C24H28N4O4. The molecule has 4 rings (SSSR count). The van der Waals surface area contributed by atoms with Crippen LogP contribution in [0.25, 0.3) is 5.65 Å². The van der Waals surface area contributed by atoms with Crippen molar-refractivity contribution >= 4 is 23.3 Å². The predicted octanol–water partition coefficient (Wildman–Crippen LogP) is 4.25. The quantitative estimate of drug-likeness (QED) is 0.646. The molecule has 0 radical (unpaired) electrons. The number of carbonyl (C=O) groups is 2. The minimum absolute atomic E-state index is 0.231. The highest BCUT2D eigenvalue weighted by molar-refractivity contribution is 5.97. The summed E-state index contributed by atoms with van der Waals surface area (Å²) in [5, 5.41) is 2.90. The van der Waals surface area contributed by atoms with Gasteiger partial charge >= 0.3 is 6.09 Å². The molecule has 1 aliphatic heterocycles. The number of likely N-dealkylation sites (tertiary alicyclic amines) is 1. The van der Waals surface area contributed by atoms with E-state index in [4.69, 9.17) is 9.47 Å². The normalized spacial score (nSPS) is 16.2. The van der Waals surface area contributed by atoms with Crippen LogP contribution in [-0.4, -0.2) is 44.5 Å². The van der Waals surface area contributed by atoms with Crippen molar-refractivity contribution in [2.75, 3.05) is 11.9 Å². The fraction of sp³-hybridized carbons (Fsp3) is 0.375. The number of hydrogen-bond donors (Lipinski definition) is 1. The molecule has 32 heavy (non-hydrogen) atoms. The predicted molar refractivity (Wildman–Crippen MR) is 121 cm³/mol. The van der Waals surface area contributed by atoms with Crippen LogP contribution in [0.3, 0.4) is 0 Å². The molecule has 3 aromatic rings. The Morgan fingerprint density at radius 3 is 2.81 bits per heavy atom. The van der Waals surface area contributed by atoms with E-state index in [1.807, 2.05) is 67.9 Å². The van der Waals surface area contributed by atoms with E-state index < -0.39 is 17.7 Å². The highest BCUT2D eigenvalue weighted by atomic mass is 16.6. The van der Waals surface area contributed by atoms with Gasteiger partial charge in [-0.2, -0.15) is 0 Å². The molecule has 3 heterocycles. The molecule has 1 saturated heterocycles. The smallest absolute Gasteiger partial charge is 0.410 e. The van der Waals surface area contributed by atoms with Crippen molar-refractivity contribution in [1.29, 1.82) is 0 Å². The van der Waals surface area contributed by atoms with Crippen molar-refractivity contribution in [1.82, 2.24) is 14.3 Å². The van der Waals surface area contributed by atoms with Gasteiger partial charge in [-0.15, -0.1) is 0 Å². The monoisotopic (exact) mass is 436 g/mol. The molecule has 1 aromatic carbocycles. The van der Waals surface area contributed by atoms with E-state index in [0.717, 1.165) is 17.8 Å². The number of ether oxygens (including phenoxy) is 2. The fourth-order valence-corrected chi connectivity index (χ4v) is 3.68. The van der Waals surface area contributed by atoms with Crippen LogP contribution in [-0.2, 0) is 16.1 Å². The van der Waals surface area contributed by atoms with Gasteiger partial charge in [0, 0.05) is 30.7 Å². The standard InChI is InChI=1S/C24H28N4O4/c1-24(2,3)32-23(30)28-13-7-10-20(28)22(29)26-17-8-6-9-19(14-17)31-16-18-15-27-12-5-4-11-21(27)25-18/h4-6,8-9,11-12,14-15,20H,7,10,13,16H2,1-3H3,(H,26,29)/t20-/m0/s1. The molecule has 0 spiro atoms. The van der Waals surface area contributed by atoms with Crippen molar-refractivity contribution in [3.05, 3.63) is 60.6 Å². The minimum Gasteiger partial charge on any atom is -0.487 e. The van der Waals surface area contributed by atoms with Gasteiger partial charge in [0.2, 0.25) is 5.91 Å². The zero-order valence-electron chi connectivity index (χ0n) is 18.6. The number of hydrogen-bond acceptors (Lipinski definition) is 5. The van der Waals surface area contributed by atoms with Gasteiger partial charge in [-0.05, 0) is 57.9 Å². The molecule has 1 N–H and O–H groups in total. The number of aromatic nitrogens is 2. The summed E-state index contributed by atoms with van der Waals surface area (Å²) < 4.78 is 13.3. The van der Waals surface area contributed by atoms with Crippen LogP contribution in [0.5, 0.6) is 5.75 Å². The van der Waals surface area contributed by atoms with E-state index in [9.17, 15) is 9.59 Å². The number of rotatable bonds is 5. The topological polar surface area (TPSA) is 85.2 Å². The van der Waals surface area contributed by atoms with Gasteiger partial charge in [0.25, 0.3) is 0 Å². The third-order valence-corrected chi connectivity index (χ3v) is 5.09. The Bertz CT molecular complexity index is 1090. The number of carbonyl (C=O) groups excluding carboxylic acids is 2. The molecule has 1 aliphatic rings. The number of pyridine rings is 1. The first-order valence-electron chi connectivity index (χ1n) is 10.7. The third-order valence-electron chi connectivity index (χ3n) is 5.09. The van der Waals surface area contributed by atoms with Gasteiger partial charge in [0.1, 0.15) is 29.6 Å². The average Bonchev–Trinajstić information content (AvgIpc) is 3.38. The molecule has 8 nitrogen and oxygen atoms in total. The van der Waals surface area contributed by atoms with Crippen LogP contribution < -0.4 is 10.1 Å². The van der Waals surface area contributed by atoms with Gasteiger partial charge in [-0.1, -0.05) is 12.1 Å². The average molecular weight is 437 g/mol. The number of fused-ring (bicyclic) bond motifs is 1. The van der Waals surface area contributed by atoms with Crippen LogP contribution in [0.2, 0.25) is 0 Å². The molecule has 2 amide bonds. The first-order valence-corrected chi connectivity index (χ1v) is 10.7. The number of nitrogens with one attached hydrogen (secondary N) is 1.